The molecule has 1 saturated carbocycles. The van der Waals surface area contributed by atoms with Gasteiger partial charge in [0.2, 0.25) is 0 Å². The van der Waals surface area contributed by atoms with Crippen molar-refractivity contribution in [2.45, 2.75) is 38.6 Å². The van der Waals surface area contributed by atoms with Gasteiger partial charge in [0.05, 0.1) is 11.4 Å². The van der Waals surface area contributed by atoms with Crippen LogP contribution in [0.5, 0.6) is 0 Å². The number of anilines is 1. The van der Waals surface area contributed by atoms with Crippen molar-refractivity contribution in [1.82, 2.24) is 24.8 Å². The van der Waals surface area contributed by atoms with Gasteiger partial charge in [0.15, 0.2) is 0 Å². The van der Waals surface area contributed by atoms with Crippen LogP contribution in [-0.2, 0) is 6.54 Å². The Hall–Kier alpha value is -2.08. The van der Waals surface area contributed by atoms with Crippen LogP contribution in [-0.4, -0.2) is 51.0 Å². The Kier molecular flexibility index (Phi) is 4.08. The average molecular weight is 350 g/mol. The lowest BCUT2D eigenvalue weighted by atomic mass is 9.83. The molecule has 2 saturated heterocycles. The maximum Gasteiger partial charge on any atom is 0.132 e. The fourth-order valence-electron chi connectivity index (χ4n) is 4.60. The van der Waals surface area contributed by atoms with Crippen LogP contribution in [0.25, 0.3) is 0 Å². The number of rotatable bonds is 4. The van der Waals surface area contributed by atoms with Gasteiger partial charge < -0.3 is 4.90 Å². The van der Waals surface area contributed by atoms with E-state index in [0.29, 0.717) is 5.92 Å². The van der Waals surface area contributed by atoms with Gasteiger partial charge >= 0.3 is 0 Å². The van der Waals surface area contributed by atoms with Gasteiger partial charge in [-0.2, -0.15) is 0 Å². The van der Waals surface area contributed by atoms with E-state index in [9.17, 15) is 0 Å². The van der Waals surface area contributed by atoms with Gasteiger partial charge in [0.25, 0.3) is 0 Å². The van der Waals surface area contributed by atoms with Crippen LogP contribution in [0.4, 0.5) is 5.82 Å². The van der Waals surface area contributed by atoms with E-state index < -0.39 is 0 Å². The quantitative estimate of drug-likeness (QED) is 0.844. The summed E-state index contributed by atoms with van der Waals surface area (Å²) in [5, 5.41) is 0. The summed E-state index contributed by atoms with van der Waals surface area (Å²) in [5.74, 6) is 3.27. The first-order valence-electron chi connectivity index (χ1n) is 9.81. The summed E-state index contributed by atoms with van der Waals surface area (Å²) in [6.07, 6.45) is 9.47. The highest BCUT2D eigenvalue weighted by Crippen LogP contribution is 2.37. The van der Waals surface area contributed by atoms with Crippen LogP contribution in [0, 0.1) is 18.8 Å². The number of nitrogens with zero attached hydrogens (tertiary/aromatic N) is 6. The molecule has 26 heavy (non-hydrogen) atoms. The van der Waals surface area contributed by atoms with Crippen molar-refractivity contribution in [3.05, 3.63) is 41.9 Å². The van der Waals surface area contributed by atoms with Gasteiger partial charge in [-0.25, -0.2) is 9.97 Å². The minimum Gasteiger partial charge on any atom is -0.356 e. The standard InChI is InChI=1S/C20H26N6/c1-14-6-22-18(7-21-14)12-25-8-16-10-26(11-17(16)9-25)20-5-19(23-13-24-20)15-3-2-4-15/h5-7,13,15-17H,2-4,8-12H2,1H3. The van der Waals surface area contributed by atoms with Gasteiger partial charge in [-0.15, -0.1) is 0 Å². The minimum atomic E-state index is 0.671. The predicted molar refractivity (Wildman–Crippen MR) is 99.9 cm³/mol. The highest BCUT2D eigenvalue weighted by atomic mass is 15.3. The Balaban J connectivity index is 1.21. The van der Waals surface area contributed by atoms with Crippen molar-refractivity contribution >= 4 is 5.82 Å². The van der Waals surface area contributed by atoms with Crippen molar-refractivity contribution in [3.63, 3.8) is 0 Å². The van der Waals surface area contributed by atoms with Crippen molar-refractivity contribution in [3.8, 4) is 0 Å². The molecule has 136 valence electrons. The number of aromatic nitrogens is 4. The molecule has 2 aromatic heterocycles. The van der Waals surface area contributed by atoms with E-state index in [1.54, 1.807) is 6.33 Å². The molecular weight excluding hydrogens is 324 g/mol. The Labute approximate surface area is 154 Å². The molecule has 2 aliphatic heterocycles. The molecule has 1 aliphatic carbocycles. The smallest absolute Gasteiger partial charge is 0.132 e. The van der Waals surface area contributed by atoms with Gasteiger partial charge in [-0.1, -0.05) is 6.42 Å². The van der Waals surface area contributed by atoms with Gasteiger partial charge in [-0.05, 0) is 31.6 Å². The summed E-state index contributed by atoms with van der Waals surface area (Å²) in [6, 6.07) is 2.24. The Morgan fingerprint density at radius 2 is 1.77 bits per heavy atom. The van der Waals surface area contributed by atoms with Crippen molar-refractivity contribution < 1.29 is 0 Å². The molecule has 6 nitrogen and oxygen atoms in total. The lowest BCUT2D eigenvalue weighted by molar-refractivity contribution is 0.304. The Morgan fingerprint density at radius 1 is 0.962 bits per heavy atom. The molecule has 0 bridgehead atoms. The van der Waals surface area contributed by atoms with Crippen LogP contribution in [0.15, 0.2) is 24.8 Å². The molecule has 2 aromatic rings. The molecule has 0 radical (unpaired) electrons. The second-order valence-corrected chi connectivity index (χ2v) is 8.20. The fraction of sp³-hybridized carbons (Fsp3) is 0.600. The summed E-state index contributed by atoms with van der Waals surface area (Å²) in [6.45, 7) is 7.42. The zero-order valence-electron chi connectivity index (χ0n) is 15.4. The van der Waals surface area contributed by atoms with Gasteiger partial charge in [0.1, 0.15) is 12.1 Å². The van der Waals surface area contributed by atoms with Gasteiger partial charge in [-0.3, -0.25) is 14.9 Å². The van der Waals surface area contributed by atoms with E-state index in [-0.39, 0.29) is 0 Å². The molecule has 0 spiro atoms. The molecule has 5 rings (SSSR count). The maximum atomic E-state index is 4.57. The molecule has 3 fully saturated rings. The number of likely N-dealkylation sites (tertiary alicyclic amines) is 1. The molecular formula is C20H26N6. The summed E-state index contributed by atoms with van der Waals surface area (Å²) in [4.78, 5) is 23.0. The molecule has 0 N–H and O–H groups in total. The van der Waals surface area contributed by atoms with E-state index in [4.69, 9.17) is 0 Å². The molecule has 2 atom stereocenters. The van der Waals surface area contributed by atoms with Crippen LogP contribution in [0.1, 0.15) is 42.3 Å². The largest absolute Gasteiger partial charge is 0.356 e. The number of aryl methyl sites for hydroxylation is 1. The third kappa shape index (κ3) is 3.07. The summed E-state index contributed by atoms with van der Waals surface area (Å²) < 4.78 is 0. The van der Waals surface area contributed by atoms with Crippen molar-refractivity contribution in [2.24, 2.45) is 11.8 Å². The summed E-state index contributed by atoms with van der Waals surface area (Å²) in [7, 11) is 0. The normalized spacial score (nSPS) is 26.1. The third-order valence-electron chi connectivity index (χ3n) is 6.30. The molecule has 3 aliphatic rings. The second kappa shape index (κ2) is 6.58. The Bertz CT molecular complexity index is 758. The van der Waals surface area contributed by atoms with Crippen LogP contribution >= 0.6 is 0 Å². The molecule has 0 aromatic carbocycles. The number of hydrogen-bond donors (Lipinski definition) is 0. The fourth-order valence-corrected chi connectivity index (χ4v) is 4.60. The zero-order valence-corrected chi connectivity index (χ0v) is 15.4. The van der Waals surface area contributed by atoms with E-state index in [0.717, 1.165) is 61.8 Å². The van der Waals surface area contributed by atoms with Crippen molar-refractivity contribution in [1.29, 1.82) is 0 Å². The third-order valence-corrected chi connectivity index (χ3v) is 6.30. The molecule has 4 heterocycles. The lowest BCUT2D eigenvalue weighted by Crippen LogP contribution is -2.29. The van der Waals surface area contributed by atoms with Crippen LogP contribution in [0.3, 0.4) is 0 Å². The van der Waals surface area contributed by atoms with Gasteiger partial charge in [0, 0.05) is 62.8 Å². The molecule has 2 unspecified atom stereocenters. The van der Waals surface area contributed by atoms with Crippen molar-refractivity contribution in [2.75, 3.05) is 31.1 Å². The first kappa shape index (κ1) is 16.1. The first-order chi connectivity index (χ1) is 12.7. The zero-order chi connectivity index (χ0) is 17.5. The van der Waals surface area contributed by atoms with E-state index in [1.165, 1.54) is 25.0 Å². The molecule has 0 amide bonds. The minimum absolute atomic E-state index is 0.671. The average Bonchev–Trinajstić information content (AvgIpc) is 3.14. The summed E-state index contributed by atoms with van der Waals surface area (Å²) >= 11 is 0. The van der Waals surface area contributed by atoms with E-state index in [1.807, 2.05) is 19.3 Å². The molecule has 6 heteroatoms. The maximum absolute atomic E-state index is 4.57. The topological polar surface area (TPSA) is 58.0 Å². The highest BCUT2D eigenvalue weighted by molar-refractivity contribution is 5.42. The van der Waals surface area contributed by atoms with Crippen LogP contribution < -0.4 is 4.90 Å². The van der Waals surface area contributed by atoms with E-state index in [2.05, 4.69) is 35.8 Å². The first-order valence-corrected chi connectivity index (χ1v) is 9.81. The van der Waals surface area contributed by atoms with Crippen LogP contribution in [0.2, 0.25) is 0 Å². The SMILES string of the molecule is Cc1cnc(CN2CC3CN(c4cc(C5CCC5)ncn4)CC3C2)cn1. The number of hydrogen-bond acceptors (Lipinski definition) is 6. The van der Waals surface area contributed by atoms with E-state index >= 15 is 0 Å². The Morgan fingerprint density at radius 3 is 2.42 bits per heavy atom. The summed E-state index contributed by atoms with van der Waals surface area (Å²) in [5.41, 5.74) is 3.31. The highest BCUT2D eigenvalue weighted by Gasteiger charge is 2.40. The monoisotopic (exact) mass is 350 g/mol. The lowest BCUT2D eigenvalue weighted by Gasteiger charge is -2.26. The second-order valence-electron chi connectivity index (χ2n) is 8.20. The predicted octanol–water partition coefficient (Wildman–Crippen LogP) is 2.41. The number of fused-ring (bicyclic) bond motifs is 1.